The van der Waals surface area contributed by atoms with Gasteiger partial charge in [0.1, 0.15) is 11.6 Å². The van der Waals surface area contributed by atoms with Gasteiger partial charge in [0, 0.05) is 17.1 Å². The quantitative estimate of drug-likeness (QED) is 0.354. The summed E-state index contributed by atoms with van der Waals surface area (Å²) in [7, 11) is 0. The van der Waals surface area contributed by atoms with Gasteiger partial charge in [0.05, 0.1) is 17.6 Å². The first-order valence-corrected chi connectivity index (χ1v) is 9.91. The lowest BCUT2D eigenvalue weighted by atomic mass is 10.1. The van der Waals surface area contributed by atoms with Crippen LogP contribution in [0, 0.1) is 13.8 Å². The number of fused-ring (bicyclic) bond motifs is 1. The molecular formula is C24H23ClN2O. The summed E-state index contributed by atoms with van der Waals surface area (Å²) < 4.78 is 8.17. The molecule has 0 N–H and O–H groups in total. The van der Waals surface area contributed by atoms with Gasteiger partial charge in [-0.2, -0.15) is 0 Å². The van der Waals surface area contributed by atoms with Crippen molar-refractivity contribution in [3.63, 3.8) is 0 Å². The van der Waals surface area contributed by atoms with Gasteiger partial charge in [0.25, 0.3) is 0 Å². The predicted octanol–water partition coefficient (Wildman–Crippen LogP) is 6.44. The van der Waals surface area contributed by atoms with Crippen LogP contribution in [0.5, 0.6) is 5.75 Å². The SMILES string of the molecule is Cc1ccc(-c2nc3ccccc3n2CCCOc2ccc(Cl)cc2)c(C)c1. The molecule has 0 atom stereocenters. The molecule has 0 saturated carbocycles. The lowest BCUT2D eigenvalue weighted by Crippen LogP contribution is -2.06. The summed E-state index contributed by atoms with van der Waals surface area (Å²) in [6.07, 6.45) is 0.890. The van der Waals surface area contributed by atoms with Gasteiger partial charge in [0.15, 0.2) is 0 Å². The van der Waals surface area contributed by atoms with Crippen LogP contribution in [-0.2, 0) is 6.54 Å². The van der Waals surface area contributed by atoms with Crippen LogP contribution in [-0.4, -0.2) is 16.2 Å². The molecule has 0 spiro atoms. The van der Waals surface area contributed by atoms with Crippen molar-refractivity contribution in [2.45, 2.75) is 26.8 Å². The summed E-state index contributed by atoms with van der Waals surface area (Å²) in [6.45, 7) is 5.75. The number of para-hydroxylation sites is 2. The Bertz CT molecular complexity index is 1100. The van der Waals surface area contributed by atoms with Crippen LogP contribution in [0.15, 0.2) is 66.7 Å². The number of rotatable bonds is 6. The summed E-state index contributed by atoms with van der Waals surface area (Å²) >= 11 is 5.93. The zero-order valence-electron chi connectivity index (χ0n) is 16.2. The van der Waals surface area contributed by atoms with E-state index in [2.05, 4.69) is 54.8 Å². The molecule has 0 amide bonds. The lowest BCUT2D eigenvalue weighted by molar-refractivity contribution is 0.303. The Kier molecular flexibility index (Phi) is 5.36. The Balaban J connectivity index is 1.57. The molecular weight excluding hydrogens is 368 g/mol. The fourth-order valence-electron chi connectivity index (χ4n) is 3.52. The smallest absolute Gasteiger partial charge is 0.141 e. The third-order valence-corrected chi connectivity index (χ3v) is 5.14. The van der Waals surface area contributed by atoms with E-state index in [1.807, 2.05) is 30.3 Å². The number of ether oxygens (including phenoxy) is 1. The summed E-state index contributed by atoms with van der Waals surface area (Å²) in [5.41, 5.74) is 5.87. The summed E-state index contributed by atoms with van der Waals surface area (Å²) in [5.74, 6) is 1.86. The second-order valence-corrected chi connectivity index (χ2v) is 7.49. The number of nitrogens with zero attached hydrogens (tertiary/aromatic N) is 2. The van der Waals surface area contributed by atoms with Crippen LogP contribution >= 0.6 is 11.6 Å². The number of halogens is 1. The van der Waals surface area contributed by atoms with Gasteiger partial charge in [-0.25, -0.2) is 4.98 Å². The molecule has 0 fully saturated rings. The van der Waals surface area contributed by atoms with E-state index >= 15 is 0 Å². The van der Waals surface area contributed by atoms with E-state index in [-0.39, 0.29) is 0 Å². The third-order valence-electron chi connectivity index (χ3n) is 4.89. The number of imidazole rings is 1. The van der Waals surface area contributed by atoms with E-state index < -0.39 is 0 Å². The summed E-state index contributed by atoms with van der Waals surface area (Å²) in [5, 5.41) is 0.718. The monoisotopic (exact) mass is 390 g/mol. The number of benzene rings is 3. The number of aryl methyl sites for hydroxylation is 3. The topological polar surface area (TPSA) is 27.1 Å². The molecule has 1 aromatic heterocycles. The highest BCUT2D eigenvalue weighted by molar-refractivity contribution is 6.30. The van der Waals surface area contributed by atoms with Gasteiger partial charge < -0.3 is 9.30 Å². The molecule has 1 heterocycles. The molecule has 0 radical (unpaired) electrons. The van der Waals surface area contributed by atoms with Gasteiger partial charge in [-0.15, -0.1) is 0 Å². The maximum atomic E-state index is 5.93. The predicted molar refractivity (Wildman–Crippen MR) is 116 cm³/mol. The highest BCUT2D eigenvalue weighted by Crippen LogP contribution is 2.28. The molecule has 3 aromatic carbocycles. The molecule has 3 nitrogen and oxygen atoms in total. The zero-order chi connectivity index (χ0) is 19.5. The van der Waals surface area contributed by atoms with E-state index in [4.69, 9.17) is 21.3 Å². The first kappa shape index (κ1) is 18.6. The molecule has 0 unspecified atom stereocenters. The Morgan fingerprint density at radius 1 is 0.964 bits per heavy atom. The van der Waals surface area contributed by atoms with Crippen molar-refractivity contribution in [1.29, 1.82) is 0 Å². The molecule has 4 rings (SSSR count). The first-order valence-electron chi connectivity index (χ1n) is 9.53. The Hall–Kier alpha value is -2.78. The standard InChI is InChI=1S/C24H23ClN2O/c1-17-8-13-21(18(2)16-17)24-26-22-6-3-4-7-23(22)27(24)14-5-15-28-20-11-9-19(25)10-12-20/h3-4,6-13,16H,5,14-15H2,1-2H3. The minimum Gasteiger partial charge on any atom is -0.494 e. The van der Waals surface area contributed by atoms with Crippen LogP contribution < -0.4 is 4.74 Å². The Morgan fingerprint density at radius 3 is 2.54 bits per heavy atom. The normalized spacial score (nSPS) is 11.1. The molecule has 142 valence electrons. The summed E-state index contributed by atoms with van der Waals surface area (Å²) in [6, 6.07) is 22.3. The molecule has 0 saturated heterocycles. The van der Waals surface area contributed by atoms with Gasteiger partial charge in [-0.05, 0) is 62.2 Å². The van der Waals surface area contributed by atoms with Crippen LogP contribution in [0.4, 0.5) is 0 Å². The molecule has 4 aromatic rings. The maximum Gasteiger partial charge on any atom is 0.141 e. The summed E-state index contributed by atoms with van der Waals surface area (Å²) in [4.78, 5) is 4.93. The second-order valence-electron chi connectivity index (χ2n) is 7.05. The molecule has 0 aliphatic carbocycles. The first-order chi connectivity index (χ1) is 13.6. The number of hydrogen-bond acceptors (Lipinski definition) is 2. The number of aromatic nitrogens is 2. The lowest BCUT2D eigenvalue weighted by Gasteiger charge is -2.12. The van der Waals surface area contributed by atoms with E-state index in [1.165, 1.54) is 16.7 Å². The average molecular weight is 391 g/mol. The van der Waals surface area contributed by atoms with Crippen LogP contribution in [0.3, 0.4) is 0 Å². The van der Waals surface area contributed by atoms with Crippen molar-refractivity contribution >= 4 is 22.6 Å². The molecule has 4 heteroatoms. The van der Waals surface area contributed by atoms with Crippen molar-refractivity contribution in [1.82, 2.24) is 9.55 Å². The molecule has 0 bridgehead atoms. The minimum atomic E-state index is 0.639. The Labute approximate surface area is 170 Å². The van der Waals surface area contributed by atoms with Crippen molar-refractivity contribution in [3.05, 3.63) is 82.9 Å². The van der Waals surface area contributed by atoms with E-state index in [9.17, 15) is 0 Å². The van der Waals surface area contributed by atoms with E-state index in [1.54, 1.807) is 0 Å². The fraction of sp³-hybridized carbons (Fsp3) is 0.208. The molecule has 28 heavy (non-hydrogen) atoms. The minimum absolute atomic E-state index is 0.639. The van der Waals surface area contributed by atoms with Gasteiger partial charge >= 0.3 is 0 Å². The van der Waals surface area contributed by atoms with Crippen molar-refractivity contribution in [2.75, 3.05) is 6.61 Å². The third kappa shape index (κ3) is 3.90. The van der Waals surface area contributed by atoms with E-state index in [0.29, 0.717) is 6.61 Å². The highest BCUT2D eigenvalue weighted by Gasteiger charge is 2.14. The molecule has 0 aliphatic rings. The average Bonchev–Trinajstić information content (AvgIpc) is 3.05. The maximum absolute atomic E-state index is 5.93. The van der Waals surface area contributed by atoms with Crippen molar-refractivity contribution < 1.29 is 4.74 Å². The van der Waals surface area contributed by atoms with Gasteiger partial charge in [-0.3, -0.25) is 0 Å². The van der Waals surface area contributed by atoms with Crippen LogP contribution in [0.2, 0.25) is 5.02 Å². The van der Waals surface area contributed by atoms with Crippen molar-refractivity contribution in [3.8, 4) is 17.1 Å². The van der Waals surface area contributed by atoms with Gasteiger partial charge in [-0.1, -0.05) is 47.5 Å². The second kappa shape index (κ2) is 8.07. The highest BCUT2D eigenvalue weighted by atomic mass is 35.5. The van der Waals surface area contributed by atoms with E-state index in [0.717, 1.165) is 40.6 Å². The molecule has 0 aliphatic heterocycles. The fourth-order valence-corrected chi connectivity index (χ4v) is 3.64. The zero-order valence-corrected chi connectivity index (χ0v) is 16.9. The Morgan fingerprint density at radius 2 is 1.75 bits per heavy atom. The van der Waals surface area contributed by atoms with Crippen molar-refractivity contribution in [2.24, 2.45) is 0 Å². The van der Waals surface area contributed by atoms with Crippen LogP contribution in [0.1, 0.15) is 17.5 Å². The number of hydrogen-bond donors (Lipinski definition) is 0. The largest absolute Gasteiger partial charge is 0.494 e. The van der Waals surface area contributed by atoms with Crippen LogP contribution in [0.25, 0.3) is 22.4 Å². The van der Waals surface area contributed by atoms with Gasteiger partial charge in [0.2, 0.25) is 0 Å².